The molecule has 1 amide bonds. The maximum atomic E-state index is 12.6. The summed E-state index contributed by atoms with van der Waals surface area (Å²) in [5.74, 6) is -1.28. The number of unbranched alkanes of at least 4 members (excludes halogenated alkanes) is 14. The van der Waals surface area contributed by atoms with Crippen molar-refractivity contribution in [2.75, 3.05) is 13.1 Å². The zero-order chi connectivity index (χ0) is 22.7. The van der Waals surface area contributed by atoms with E-state index in [1.165, 1.54) is 88.8 Å². The van der Waals surface area contributed by atoms with Gasteiger partial charge >= 0.3 is 5.97 Å². The lowest BCUT2D eigenvalue weighted by Crippen LogP contribution is -2.30. The second kappa shape index (κ2) is 18.3. The van der Waals surface area contributed by atoms with Crippen LogP contribution in [0.4, 0.5) is 0 Å². The molecule has 0 aromatic carbocycles. The molecular weight excluding hydrogens is 408 g/mol. The van der Waals surface area contributed by atoms with Gasteiger partial charge in [0.1, 0.15) is 0 Å². The van der Waals surface area contributed by atoms with Crippen LogP contribution in [0.5, 0.6) is 0 Å². The number of nitrogens with zero attached hydrogens (tertiary/aromatic N) is 2. The Morgan fingerprint density at radius 3 is 1.84 bits per heavy atom. The van der Waals surface area contributed by atoms with Crippen molar-refractivity contribution in [2.24, 2.45) is 4.99 Å². The average molecular weight is 453 g/mol. The topological polar surface area (TPSA) is 70.0 Å². The molecule has 1 aliphatic heterocycles. The molecule has 0 aliphatic carbocycles. The summed E-state index contributed by atoms with van der Waals surface area (Å²) in [4.78, 5) is 30.3. The van der Waals surface area contributed by atoms with E-state index in [0.29, 0.717) is 18.3 Å². The van der Waals surface area contributed by atoms with Crippen LogP contribution in [-0.4, -0.2) is 40.1 Å². The van der Waals surface area contributed by atoms with Gasteiger partial charge in [0.05, 0.1) is 4.91 Å². The van der Waals surface area contributed by atoms with Gasteiger partial charge in [-0.1, -0.05) is 104 Å². The monoisotopic (exact) mass is 452 g/mol. The highest BCUT2D eigenvalue weighted by molar-refractivity contribution is 8.18. The predicted molar refractivity (Wildman–Crippen MR) is 133 cm³/mol. The first kappa shape index (κ1) is 27.7. The van der Waals surface area contributed by atoms with Gasteiger partial charge in [0.25, 0.3) is 5.91 Å². The molecule has 1 heterocycles. The number of carbonyl (C=O) groups is 2. The fourth-order valence-corrected chi connectivity index (χ4v) is 4.75. The number of carboxylic acid groups (broad SMARTS) is 1. The lowest BCUT2D eigenvalue weighted by Gasteiger charge is -2.15. The minimum Gasteiger partial charge on any atom is -0.478 e. The number of hydrogen-bond acceptors (Lipinski definition) is 4. The van der Waals surface area contributed by atoms with Crippen LogP contribution in [-0.2, 0) is 9.59 Å². The normalized spacial score (nSPS) is 16.7. The number of hydrogen-bond donors (Lipinski definition) is 1. The molecule has 5 nitrogen and oxygen atoms in total. The van der Waals surface area contributed by atoms with E-state index in [1.54, 1.807) is 4.90 Å². The van der Waals surface area contributed by atoms with Crippen molar-refractivity contribution >= 4 is 28.8 Å². The molecule has 1 aliphatic rings. The van der Waals surface area contributed by atoms with E-state index in [4.69, 9.17) is 5.11 Å². The molecular formula is C25H44N2O3S. The first-order valence-electron chi connectivity index (χ1n) is 12.6. The summed E-state index contributed by atoms with van der Waals surface area (Å²) in [6, 6.07) is 0. The second-order valence-corrected chi connectivity index (χ2v) is 9.53. The van der Waals surface area contributed by atoms with Gasteiger partial charge in [-0.15, -0.1) is 0 Å². The van der Waals surface area contributed by atoms with Crippen molar-refractivity contribution in [3.8, 4) is 0 Å². The smallest absolute Gasteiger partial charge is 0.329 e. The van der Waals surface area contributed by atoms with E-state index in [1.807, 2.05) is 0 Å². The van der Waals surface area contributed by atoms with Gasteiger partial charge in [0.15, 0.2) is 5.17 Å². The first-order valence-corrected chi connectivity index (χ1v) is 13.4. The van der Waals surface area contributed by atoms with Crippen LogP contribution in [0.2, 0.25) is 0 Å². The molecule has 178 valence electrons. The Labute approximate surface area is 194 Å². The number of amidine groups is 1. The molecule has 0 aromatic rings. The summed E-state index contributed by atoms with van der Waals surface area (Å²) in [7, 11) is 0. The number of aliphatic imine (C=N–C) groups is 1. The Balaban J connectivity index is 2.40. The number of aliphatic carboxylic acids is 1. The van der Waals surface area contributed by atoms with E-state index in [9.17, 15) is 9.59 Å². The number of carboxylic acids is 1. The molecule has 1 saturated heterocycles. The minimum absolute atomic E-state index is 0.204. The fraction of sp³-hybridized carbons (Fsp3) is 0.800. The van der Waals surface area contributed by atoms with Crippen molar-refractivity contribution in [3.05, 3.63) is 11.0 Å². The van der Waals surface area contributed by atoms with Crippen LogP contribution in [0.3, 0.4) is 0 Å². The van der Waals surface area contributed by atoms with Crippen LogP contribution in [0, 0.1) is 0 Å². The number of carbonyl (C=O) groups excluding carboxylic acids is 1. The van der Waals surface area contributed by atoms with Gasteiger partial charge in [-0.25, -0.2) is 4.79 Å². The summed E-state index contributed by atoms with van der Waals surface area (Å²) < 4.78 is 0. The van der Waals surface area contributed by atoms with Crippen LogP contribution < -0.4 is 0 Å². The number of rotatable bonds is 19. The zero-order valence-electron chi connectivity index (χ0n) is 19.9. The Bertz CT molecular complexity index is 575. The Hall–Kier alpha value is -1.30. The Morgan fingerprint density at radius 2 is 1.32 bits per heavy atom. The highest BCUT2D eigenvalue weighted by Crippen LogP contribution is 2.31. The number of amides is 1. The van der Waals surface area contributed by atoms with Gasteiger partial charge in [0.2, 0.25) is 0 Å². The van der Waals surface area contributed by atoms with Gasteiger partial charge in [-0.3, -0.25) is 14.7 Å². The lowest BCUT2D eigenvalue weighted by atomic mass is 10.1. The van der Waals surface area contributed by atoms with E-state index in [0.717, 1.165) is 31.8 Å². The summed E-state index contributed by atoms with van der Waals surface area (Å²) in [6.07, 6.45) is 20.7. The predicted octanol–water partition coefficient (Wildman–Crippen LogP) is 7.17. The second-order valence-electron chi connectivity index (χ2n) is 8.52. The van der Waals surface area contributed by atoms with Crippen LogP contribution in [0.15, 0.2) is 16.0 Å². The lowest BCUT2D eigenvalue weighted by molar-refractivity contribution is -0.132. The Morgan fingerprint density at radius 1 is 0.839 bits per heavy atom. The molecule has 0 bridgehead atoms. The molecule has 0 atom stereocenters. The molecule has 0 unspecified atom stereocenters. The van der Waals surface area contributed by atoms with Gasteiger partial charge in [-0.05, 0) is 24.6 Å². The van der Waals surface area contributed by atoms with Crippen LogP contribution in [0.1, 0.15) is 117 Å². The number of thioether (sulfide) groups is 1. The third-order valence-electron chi connectivity index (χ3n) is 5.64. The molecule has 0 spiro atoms. The highest BCUT2D eigenvalue weighted by atomic mass is 32.2. The highest BCUT2D eigenvalue weighted by Gasteiger charge is 2.33. The van der Waals surface area contributed by atoms with Crippen molar-refractivity contribution in [2.45, 2.75) is 117 Å². The quantitative estimate of drug-likeness (QED) is 0.167. The average Bonchev–Trinajstić information content (AvgIpc) is 3.02. The molecule has 0 saturated carbocycles. The minimum atomic E-state index is -1.08. The molecule has 1 fully saturated rings. The van der Waals surface area contributed by atoms with Crippen molar-refractivity contribution < 1.29 is 14.7 Å². The molecule has 1 rings (SSSR count). The van der Waals surface area contributed by atoms with Crippen LogP contribution >= 0.6 is 11.8 Å². The SMILES string of the molecule is CCCCCCCCCCN=C1S/C(=C\C(=O)O)C(=O)N1CCCCCCCCCC. The molecule has 0 aromatic heterocycles. The maximum Gasteiger partial charge on any atom is 0.329 e. The van der Waals surface area contributed by atoms with E-state index in [2.05, 4.69) is 18.8 Å². The Kier molecular flexibility index (Phi) is 16.4. The summed E-state index contributed by atoms with van der Waals surface area (Å²) in [5.41, 5.74) is 0. The van der Waals surface area contributed by atoms with Crippen molar-refractivity contribution in [1.29, 1.82) is 0 Å². The first-order chi connectivity index (χ1) is 15.1. The van der Waals surface area contributed by atoms with Crippen molar-refractivity contribution in [3.63, 3.8) is 0 Å². The van der Waals surface area contributed by atoms with Gasteiger partial charge in [0, 0.05) is 19.2 Å². The van der Waals surface area contributed by atoms with Gasteiger partial charge < -0.3 is 5.11 Å². The van der Waals surface area contributed by atoms with E-state index < -0.39 is 5.97 Å². The zero-order valence-corrected chi connectivity index (χ0v) is 20.7. The van der Waals surface area contributed by atoms with Crippen molar-refractivity contribution in [1.82, 2.24) is 4.90 Å². The third-order valence-corrected chi connectivity index (χ3v) is 6.68. The third kappa shape index (κ3) is 13.0. The fourth-order valence-electron chi connectivity index (χ4n) is 3.76. The molecule has 31 heavy (non-hydrogen) atoms. The standard InChI is InChI=1S/C25H44N2O3S/c1-3-5-7-9-11-13-15-17-19-26-25-27(24(30)22(31-25)21-23(28)29)20-18-16-14-12-10-8-6-4-2/h21H,3-20H2,1-2H3,(H,28,29)/b22-21-,26-25?. The van der Waals surface area contributed by atoms with Gasteiger partial charge in [-0.2, -0.15) is 0 Å². The maximum absolute atomic E-state index is 12.6. The summed E-state index contributed by atoms with van der Waals surface area (Å²) in [6.45, 7) is 5.80. The van der Waals surface area contributed by atoms with E-state index in [-0.39, 0.29) is 10.8 Å². The largest absolute Gasteiger partial charge is 0.478 e. The van der Waals surface area contributed by atoms with Crippen LogP contribution in [0.25, 0.3) is 0 Å². The summed E-state index contributed by atoms with van der Waals surface area (Å²) >= 11 is 1.22. The van der Waals surface area contributed by atoms with E-state index >= 15 is 0 Å². The molecule has 6 heteroatoms. The molecule has 0 radical (unpaired) electrons. The summed E-state index contributed by atoms with van der Waals surface area (Å²) in [5, 5.41) is 9.73. The molecule has 1 N–H and O–H groups in total.